The van der Waals surface area contributed by atoms with Gasteiger partial charge in [-0.05, 0) is 30.3 Å². The first kappa shape index (κ1) is 12.7. The summed E-state index contributed by atoms with van der Waals surface area (Å²) >= 11 is 5.80. The van der Waals surface area contributed by atoms with Crippen LogP contribution >= 0.6 is 11.6 Å². The van der Waals surface area contributed by atoms with Crippen LogP contribution in [0.15, 0.2) is 48.5 Å². The third kappa shape index (κ3) is 2.26. The van der Waals surface area contributed by atoms with Crippen molar-refractivity contribution in [2.45, 2.75) is 6.54 Å². The minimum Gasteiger partial charge on any atom is -0.285 e. The monoisotopic (exact) mass is 286 g/mol. The molecule has 3 N–H and O–H groups in total. The van der Waals surface area contributed by atoms with Gasteiger partial charge >= 0.3 is 0 Å². The second kappa shape index (κ2) is 4.98. The minimum atomic E-state index is -0.211. The molecule has 0 fully saturated rings. The van der Waals surface area contributed by atoms with E-state index in [0.717, 1.165) is 11.1 Å². The Labute approximate surface area is 121 Å². The van der Waals surface area contributed by atoms with Gasteiger partial charge in [0.15, 0.2) is 0 Å². The number of rotatable bonds is 2. The topological polar surface area (TPSA) is 58.1 Å². The van der Waals surface area contributed by atoms with Crippen molar-refractivity contribution in [1.29, 1.82) is 0 Å². The number of amidine groups is 1. The van der Waals surface area contributed by atoms with Crippen molar-refractivity contribution >= 4 is 23.3 Å². The summed E-state index contributed by atoms with van der Waals surface area (Å²) in [7, 11) is 0. The van der Waals surface area contributed by atoms with E-state index in [1.54, 1.807) is 28.9 Å². The minimum absolute atomic E-state index is 0.211. The number of hydrazone groups is 1. The molecule has 20 heavy (non-hydrogen) atoms. The van der Waals surface area contributed by atoms with Crippen molar-refractivity contribution < 1.29 is 9.48 Å². The van der Waals surface area contributed by atoms with Gasteiger partial charge in [0.25, 0.3) is 11.7 Å². The van der Waals surface area contributed by atoms with Crippen LogP contribution in [0.25, 0.3) is 0 Å². The van der Waals surface area contributed by atoms with E-state index in [1.165, 1.54) is 0 Å². The van der Waals surface area contributed by atoms with Gasteiger partial charge in [0, 0.05) is 16.1 Å². The fourth-order valence-corrected chi connectivity index (χ4v) is 2.32. The zero-order valence-electron chi connectivity index (χ0n) is 10.6. The van der Waals surface area contributed by atoms with Crippen LogP contribution in [0.2, 0.25) is 5.02 Å². The Bertz CT molecular complexity index is 707. The Hall–Kier alpha value is -2.33. The van der Waals surface area contributed by atoms with E-state index in [-0.39, 0.29) is 5.91 Å². The molecule has 1 aliphatic rings. The van der Waals surface area contributed by atoms with Crippen LogP contribution in [0.3, 0.4) is 0 Å². The lowest BCUT2D eigenvalue weighted by molar-refractivity contribution is -0.584. The van der Waals surface area contributed by atoms with Crippen LogP contribution in [0.5, 0.6) is 0 Å². The summed E-state index contributed by atoms with van der Waals surface area (Å²) in [5.41, 5.74) is 11.4. The molecule has 0 bridgehead atoms. The normalized spacial score (nSPS) is 13.2. The molecule has 0 spiro atoms. The first-order chi connectivity index (χ1) is 9.65. The highest BCUT2D eigenvalue weighted by molar-refractivity contribution is 6.30. The van der Waals surface area contributed by atoms with E-state index in [4.69, 9.17) is 17.3 Å². The maximum Gasteiger partial charge on any atom is 0.299 e. The zero-order chi connectivity index (χ0) is 14.1. The summed E-state index contributed by atoms with van der Waals surface area (Å²) in [6.45, 7) is 0.571. The molecule has 0 unspecified atom stereocenters. The average Bonchev–Trinajstić information content (AvgIpc) is 2.77. The van der Waals surface area contributed by atoms with Crippen LogP contribution < -0.4 is 11.2 Å². The van der Waals surface area contributed by atoms with Crippen LogP contribution in [0, 0.1) is 0 Å². The summed E-state index contributed by atoms with van der Waals surface area (Å²) < 4.78 is 1.65. The Morgan fingerprint density at radius 3 is 2.55 bits per heavy atom. The molecule has 2 aromatic rings. The molecule has 0 saturated carbocycles. The van der Waals surface area contributed by atoms with Crippen molar-refractivity contribution in [1.82, 2.24) is 5.43 Å². The lowest BCUT2D eigenvalue weighted by Gasteiger charge is -2.05. The molecule has 0 aromatic heterocycles. The fourth-order valence-electron chi connectivity index (χ4n) is 2.20. The van der Waals surface area contributed by atoms with E-state index in [1.807, 2.05) is 24.3 Å². The molecule has 0 saturated heterocycles. The van der Waals surface area contributed by atoms with Crippen LogP contribution in [-0.2, 0) is 6.54 Å². The Kier molecular flexibility index (Phi) is 3.16. The molecule has 1 aliphatic heterocycles. The number of hydrogen-bond donors (Lipinski definition) is 2. The van der Waals surface area contributed by atoms with Crippen LogP contribution in [0.4, 0.5) is 0 Å². The molecule has 100 valence electrons. The molecule has 0 atom stereocenters. The summed E-state index contributed by atoms with van der Waals surface area (Å²) in [4.78, 5) is 12.1. The van der Waals surface area contributed by atoms with Gasteiger partial charge in [-0.3, -0.25) is 10.5 Å². The second-order valence-electron chi connectivity index (χ2n) is 4.58. The van der Waals surface area contributed by atoms with Gasteiger partial charge in [-0.1, -0.05) is 29.8 Å². The van der Waals surface area contributed by atoms with Gasteiger partial charge in [-0.15, -0.1) is 0 Å². The third-order valence-electron chi connectivity index (χ3n) is 3.26. The number of nitrogens with one attached hydrogen (secondary N) is 1. The summed E-state index contributed by atoms with van der Waals surface area (Å²) in [6, 6.07) is 14.5. The number of halogens is 1. The quantitative estimate of drug-likeness (QED) is 0.829. The van der Waals surface area contributed by atoms with Crippen LogP contribution in [0.1, 0.15) is 21.5 Å². The van der Waals surface area contributed by atoms with Crippen molar-refractivity contribution in [3.8, 4) is 0 Å². The number of carbonyl (C=O) groups is 1. The Balaban J connectivity index is 1.81. The molecule has 4 nitrogen and oxygen atoms in total. The standard InChI is InChI=1S/C15H12ClN3O/c16-12-7-5-10(6-8-12)15(20)18-19-9-11-3-1-2-4-13(11)14(19)17/h1-8,17H,9H2,(H,18,20)/p+1. The fraction of sp³-hybridized carbons (Fsp3) is 0.0667. The first-order valence-corrected chi connectivity index (χ1v) is 6.58. The van der Waals surface area contributed by atoms with Crippen molar-refractivity contribution in [3.63, 3.8) is 0 Å². The molecule has 2 aromatic carbocycles. The number of nitrogens with zero attached hydrogens (tertiary/aromatic N) is 1. The predicted molar refractivity (Wildman–Crippen MR) is 77.6 cm³/mol. The predicted octanol–water partition coefficient (Wildman–Crippen LogP) is 1.92. The van der Waals surface area contributed by atoms with Crippen molar-refractivity contribution in [2.24, 2.45) is 5.73 Å². The van der Waals surface area contributed by atoms with E-state index >= 15 is 0 Å². The summed E-state index contributed by atoms with van der Waals surface area (Å²) in [5, 5.41) is 0.598. The second-order valence-corrected chi connectivity index (χ2v) is 5.01. The van der Waals surface area contributed by atoms with Gasteiger partial charge < -0.3 is 0 Å². The molecule has 1 amide bonds. The largest absolute Gasteiger partial charge is 0.299 e. The Morgan fingerprint density at radius 2 is 1.85 bits per heavy atom. The van der Waals surface area contributed by atoms with Gasteiger partial charge in [-0.2, -0.15) is 10.1 Å². The number of amides is 1. The van der Waals surface area contributed by atoms with Crippen molar-refractivity contribution in [3.05, 3.63) is 70.2 Å². The number of fused-ring (bicyclic) bond motifs is 1. The molecule has 5 heteroatoms. The van der Waals surface area contributed by atoms with E-state index in [2.05, 4.69) is 5.43 Å². The van der Waals surface area contributed by atoms with E-state index in [9.17, 15) is 4.79 Å². The van der Waals surface area contributed by atoms with Crippen LogP contribution in [-0.4, -0.2) is 16.4 Å². The average molecular weight is 287 g/mol. The van der Waals surface area contributed by atoms with Gasteiger partial charge in [0.1, 0.15) is 6.54 Å². The summed E-state index contributed by atoms with van der Waals surface area (Å²) in [6.07, 6.45) is 0. The molecule has 1 heterocycles. The molecular weight excluding hydrogens is 274 g/mol. The summed E-state index contributed by atoms with van der Waals surface area (Å²) in [5.74, 6) is 0.348. The molecule has 3 rings (SSSR count). The maximum atomic E-state index is 12.1. The van der Waals surface area contributed by atoms with Gasteiger partial charge in [-0.25, -0.2) is 0 Å². The lowest BCUT2D eigenvalue weighted by Crippen LogP contribution is -2.38. The SMILES string of the molecule is NC1=[N+](NC(=O)c2ccc(Cl)cc2)Cc2ccccc21. The number of benzene rings is 2. The number of carbonyl (C=O) groups excluding carboxylic acids is 1. The Morgan fingerprint density at radius 1 is 1.15 bits per heavy atom. The van der Waals surface area contributed by atoms with Crippen molar-refractivity contribution in [2.75, 3.05) is 0 Å². The van der Waals surface area contributed by atoms with E-state index < -0.39 is 0 Å². The number of hydrogen-bond acceptors (Lipinski definition) is 2. The zero-order valence-corrected chi connectivity index (χ0v) is 11.4. The highest BCUT2D eigenvalue weighted by atomic mass is 35.5. The number of nitrogens with two attached hydrogens (primary N) is 1. The van der Waals surface area contributed by atoms with Gasteiger partial charge in [0.2, 0.25) is 0 Å². The van der Waals surface area contributed by atoms with E-state index in [0.29, 0.717) is 23.0 Å². The third-order valence-corrected chi connectivity index (χ3v) is 3.51. The van der Waals surface area contributed by atoms with Gasteiger partial charge in [0.05, 0.1) is 5.56 Å². The molecule has 0 aliphatic carbocycles. The first-order valence-electron chi connectivity index (χ1n) is 6.20. The molecular formula is C15H13ClN3O+. The number of hydrazine groups is 1. The molecule has 0 radical (unpaired) electrons. The lowest BCUT2D eigenvalue weighted by atomic mass is 10.1. The smallest absolute Gasteiger partial charge is 0.285 e. The highest BCUT2D eigenvalue weighted by Gasteiger charge is 2.25. The maximum absolute atomic E-state index is 12.1. The highest BCUT2D eigenvalue weighted by Crippen LogP contribution is 2.15.